The molecule has 2 aromatic carbocycles. The molecule has 27 heavy (non-hydrogen) atoms. The number of ether oxygens (including phenoxy) is 2. The second-order valence-corrected chi connectivity index (χ2v) is 6.37. The first kappa shape index (κ1) is 19.0. The molecule has 1 fully saturated rings. The third kappa shape index (κ3) is 4.70. The van der Waals surface area contributed by atoms with Crippen LogP contribution in [0.15, 0.2) is 42.5 Å². The smallest absolute Gasteiger partial charge is 0.223 e. The molecule has 0 N–H and O–H groups in total. The van der Waals surface area contributed by atoms with Crippen LogP contribution in [-0.4, -0.2) is 51.2 Å². The van der Waals surface area contributed by atoms with Gasteiger partial charge in [0.2, 0.25) is 5.91 Å². The van der Waals surface area contributed by atoms with Crippen LogP contribution >= 0.6 is 0 Å². The second-order valence-electron chi connectivity index (χ2n) is 6.37. The molecule has 1 saturated heterocycles. The predicted octanol–water partition coefficient (Wildman–Crippen LogP) is 3.13. The van der Waals surface area contributed by atoms with E-state index in [1.807, 2.05) is 29.5 Å². The number of amides is 1. The van der Waals surface area contributed by atoms with E-state index in [9.17, 15) is 9.18 Å². The number of benzene rings is 2. The van der Waals surface area contributed by atoms with E-state index in [1.54, 1.807) is 26.4 Å². The van der Waals surface area contributed by atoms with Crippen molar-refractivity contribution in [2.24, 2.45) is 0 Å². The topological polar surface area (TPSA) is 42.0 Å². The largest absolute Gasteiger partial charge is 0.493 e. The summed E-state index contributed by atoms with van der Waals surface area (Å²) < 4.78 is 23.6. The number of hydrogen-bond acceptors (Lipinski definition) is 4. The van der Waals surface area contributed by atoms with Crippen molar-refractivity contribution in [1.29, 1.82) is 0 Å². The van der Waals surface area contributed by atoms with Gasteiger partial charge >= 0.3 is 0 Å². The fourth-order valence-corrected chi connectivity index (χ4v) is 3.17. The normalized spacial score (nSPS) is 14.2. The molecular weight excluding hydrogens is 347 g/mol. The van der Waals surface area contributed by atoms with Gasteiger partial charge in [0.15, 0.2) is 11.5 Å². The molecule has 0 aliphatic carbocycles. The minimum Gasteiger partial charge on any atom is -0.493 e. The molecule has 0 spiro atoms. The molecule has 1 aliphatic heterocycles. The second kappa shape index (κ2) is 8.75. The number of nitrogens with zero attached hydrogens (tertiary/aromatic N) is 2. The highest BCUT2D eigenvalue weighted by atomic mass is 19.1. The summed E-state index contributed by atoms with van der Waals surface area (Å²) >= 11 is 0. The molecule has 1 radical (unpaired) electrons. The van der Waals surface area contributed by atoms with Gasteiger partial charge in [-0.15, -0.1) is 0 Å². The summed E-state index contributed by atoms with van der Waals surface area (Å²) in [6.45, 7) is 2.87. The van der Waals surface area contributed by atoms with Gasteiger partial charge in [-0.3, -0.25) is 4.79 Å². The standard InChI is InChI=1S/C21H24FN2O3/c1-26-19-9-8-18(15-20(19)27-2)23-11-13-24(14-12-23)21(25)10-5-16-3-6-17(22)7-4-16/h3-9,15H,10-14H2,1-2H3. The zero-order valence-electron chi connectivity index (χ0n) is 15.7. The maximum atomic E-state index is 12.9. The number of carbonyl (C=O) groups excluding carboxylic acids is 1. The molecule has 0 saturated carbocycles. The SMILES string of the molecule is COc1ccc(N2CCN(C(=O)C[CH]c3ccc(F)cc3)CC2)cc1OC. The third-order valence-corrected chi connectivity index (χ3v) is 4.75. The monoisotopic (exact) mass is 371 g/mol. The molecule has 0 aromatic heterocycles. The Morgan fingerprint density at radius 1 is 1.00 bits per heavy atom. The Bertz CT molecular complexity index is 771. The highest BCUT2D eigenvalue weighted by Crippen LogP contribution is 2.31. The van der Waals surface area contributed by atoms with Crippen molar-refractivity contribution in [2.45, 2.75) is 6.42 Å². The number of carbonyl (C=O) groups is 1. The Morgan fingerprint density at radius 3 is 2.30 bits per heavy atom. The number of rotatable bonds is 6. The van der Waals surface area contributed by atoms with Crippen LogP contribution < -0.4 is 14.4 Å². The van der Waals surface area contributed by atoms with E-state index in [-0.39, 0.29) is 11.7 Å². The summed E-state index contributed by atoms with van der Waals surface area (Å²) in [7, 11) is 3.24. The van der Waals surface area contributed by atoms with E-state index in [0.29, 0.717) is 31.0 Å². The van der Waals surface area contributed by atoms with Crippen LogP contribution in [-0.2, 0) is 4.79 Å². The molecule has 2 aromatic rings. The summed E-state index contributed by atoms with van der Waals surface area (Å²) in [4.78, 5) is 16.5. The van der Waals surface area contributed by atoms with E-state index in [0.717, 1.165) is 24.3 Å². The predicted molar refractivity (Wildman–Crippen MR) is 103 cm³/mol. The van der Waals surface area contributed by atoms with Crippen LogP contribution in [0.5, 0.6) is 11.5 Å². The molecule has 3 rings (SSSR count). The lowest BCUT2D eigenvalue weighted by molar-refractivity contribution is -0.130. The number of anilines is 1. The maximum absolute atomic E-state index is 12.9. The van der Waals surface area contributed by atoms with E-state index < -0.39 is 0 Å². The highest BCUT2D eigenvalue weighted by molar-refractivity contribution is 5.78. The maximum Gasteiger partial charge on any atom is 0.223 e. The highest BCUT2D eigenvalue weighted by Gasteiger charge is 2.22. The van der Waals surface area contributed by atoms with Crippen LogP contribution in [0.3, 0.4) is 0 Å². The summed E-state index contributed by atoms with van der Waals surface area (Å²) in [6, 6.07) is 12.0. The van der Waals surface area contributed by atoms with E-state index in [4.69, 9.17) is 9.47 Å². The lowest BCUT2D eigenvalue weighted by atomic mass is 10.1. The number of piperazine rings is 1. The first-order valence-corrected chi connectivity index (χ1v) is 8.94. The summed E-state index contributed by atoms with van der Waals surface area (Å²) in [5.41, 5.74) is 1.91. The van der Waals surface area contributed by atoms with Gasteiger partial charge in [0.1, 0.15) is 5.82 Å². The minimum absolute atomic E-state index is 0.0892. The van der Waals surface area contributed by atoms with Crippen molar-refractivity contribution in [2.75, 3.05) is 45.3 Å². The zero-order chi connectivity index (χ0) is 19.2. The van der Waals surface area contributed by atoms with Crippen LogP contribution in [0.2, 0.25) is 0 Å². The van der Waals surface area contributed by atoms with Gasteiger partial charge in [-0.25, -0.2) is 4.39 Å². The average molecular weight is 371 g/mol. The molecule has 0 unspecified atom stereocenters. The van der Waals surface area contributed by atoms with Crippen molar-refractivity contribution >= 4 is 11.6 Å². The molecule has 1 aliphatic rings. The Kier molecular flexibility index (Phi) is 6.16. The Hall–Kier alpha value is -2.76. The van der Waals surface area contributed by atoms with Gasteiger partial charge < -0.3 is 19.3 Å². The van der Waals surface area contributed by atoms with Crippen LogP contribution in [0.25, 0.3) is 0 Å². The molecule has 1 heterocycles. The van der Waals surface area contributed by atoms with E-state index >= 15 is 0 Å². The Morgan fingerprint density at radius 2 is 1.67 bits per heavy atom. The number of hydrogen-bond donors (Lipinski definition) is 0. The number of halogens is 1. The van der Waals surface area contributed by atoms with Gasteiger partial charge in [-0.1, -0.05) is 12.1 Å². The summed E-state index contributed by atoms with van der Waals surface area (Å²) in [6.07, 6.45) is 2.16. The van der Waals surface area contributed by atoms with Gasteiger partial charge in [-0.05, 0) is 36.2 Å². The van der Waals surface area contributed by atoms with Gasteiger partial charge in [0.25, 0.3) is 0 Å². The average Bonchev–Trinajstić information content (AvgIpc) is 2.72. The first-order valence-electron chi connectivity index (χ1n) is 8.94. The van der Waals surface area contributed by atoms with Crippen LogP contribution in [0.4, 0.5) is 10.1 Å². The molecule has 5 nitrogen and oxygen atoms in total. The lowest BCUT2D eigenvalue weighted by Crippen LogP contribution is -2.48. The molecule has 1 amide bonds. The summed E-state index contributed by atoms with van der Waals surface area (Å²) in [5.74, 6) is 1.21. The van der Waals surface area contributed by atoms with Gasteiger partial charge in [0.05, 0.1) is 14.2 Å². The van der Waals surface area contributed by atoms with Crippen LogP contribution in [0.1, 0.15) is 12.0 Å². The number of methoxy groups -OCH3 is 2. The van der Waals surface area contributed by atoms with Crippen molar-refractivity contribution in [3.63, 3.8) is 0 Å². The molecular formula is C21H24FN2O3. The van der Waals surface area contributed by atoms with Crippen LogP contribution in [0, 0.1) is 12.2 Å². The van der Waals surface area contributed by atoms with Gasteiger partial charge in [-0.2, -0.15) is 0 Å². The van der Waals surface area contributed by atoms with E-state index in [1.165, 1.54) is 12.1 Å². The molecule has 143 valence electrons. The Labute approximate surface area is 159 Å². The summed E-state index contributed by atoms with van der Waals surface area (Å²) in [5, 5.41) is 0. The Balaban J connectivity index is 1.52. The molecule has 0 atom stereocenters. The van der Waals surface area contributed by atoms with Crippen molar-refractivity contribution in [1.82, 2.24) is 4.90 Å². The fraction of sp³-hybridized carbons (Fsp3) is 0.333. The minimum atomic E-state index is -0.273. The van der Waals surface area contributed by atoms with Crippen molar-refractivity contribution < 1.29 is 18.7 Å². The van der Waals surface area contributed by atoms with Crippen molar-refractivity contribution in [3.05, 3.63) is 60.3 Å². The van der Waals surface area contributed by atoms with Crippen molar-refractivity contribution in [3.8, 4) is 11.5 Å². The molecule has 0 bridgehead atoms. The first-order chi connectivity index (χ1) is 13.1. The third-order valence-electron chi connectivity index (χ3n) is 4.75. The zero-order valence-corrected chi connectivity index (χ0v) is 15.7. The lowest BCUT2D eigenvalue weighted by Gasteiger charge is -2.36. The quantitative estimate of drug-likeness (QED) is 0.782. The fourth-order valence-electron chi connectivity index (χ4n) is 3.17. The van der Waals surface area contributed by atoms with E-state index in [2.05, 4.69) is 4.90 Å². The van der Waals surface area contributed by atoms with Gasteiger partial charge in [0, 0.05) is 44.4 Å². The molecule has 6 heteroatoms.